The number of benzene rings is 1. The van der Waals surface area contributed by atoms with Crippen molar-refractivity contribution in [3.63, 3.8) is 0 Å². The molecule has 4 nitrogen and oxygen atoms in total. The number of rotatable bonds is 2. The van der Waals surface area contributed by atoms with Gasteiger partial charge in [0, 0.05) is 6.04 Å². The van der Waals surface area contributed by atoms with Crippen LogP contribution in [0.5, 0.6) is 0 Å². The van der Waals surface area contributed by atoms with Gasteiger partial charge < -0.3 is 9.67 Å². The first kappa shape index (κ1) is 12.2. The number of carbonyl (C=O) groups is 1. The topological polar surface area (TPSA) is 55.1 Å². The molecule has 0 saturated heterocycles. The van der Waals surface area contributed by atoms with E-state index in [1.807, 2.05) is 12.4 Å². The van der Waals surface area contributed by atoms with Gasteiger partial charge in [-0.3, -0.25) is 0 Å². The van der Waals surface area contributed by atoms with E-state index in [-0.39, 0.29) is 0 Å². The molecule has 19 heavy (non-hydrogen) atoms. The Balaban J connectivity index is 2.03. The molecule has 1 aromatic carbocycles. The molecule has 0 amide bonds. The van der Waals surface area contributed by atoms with E-state index in [1.165, 1.54) is 25.7 Å². The first-order valence-corrected chi connectivity index (χ1v) is 6.86. The summed E-state index contributed by atoms with van der Waals surface area (Å²) in [6.07, 6.45) is 6.89. The predicted molar refractivity (Wildman–Crippen MR) is 73.4 cm³/mol. The molecule has 1 N–H and O–H groups in total. The maximum absolute atomic E-state index is 11.0. The molecule has 1 aromatic heterocycles. The van der Waals surface area contributed by atoms with Crippen molar-refractivity contribution in [2.45, 2.75) is 38.6 Å². The van der Waals surface area contributed by atoms with Gasteiger partial charge in [0.15, 0.2) is 0 Å². The van der Waals surface area contributed by atoms with Crippen molar-refractivity contribution in [2.75, 3.05) is 0 Å². The third-order valence-electron chi connectivity index (χ3n) is 4.25. The van der Waals surface area contributed by atoms with Gasteiger partial charge in [-0.15, -0.1) is 0 Å². The monoisotopic (exact) mass is 258 g/mol. The maximum atomic E-state index is 11.0. The van der Waals surface area contributed by atoms with E-state index in [0.717, 1.165) is 11.0 Å². The van der Waals surface area contributed by atoms with Crippen LogP contribution in [-0.2, 0) is 0 Å². The first-order chi connectivity index (χ1) is 9.16. The van der Waals surface area contributed by atoms with Crippen LogP contribution in [0.3, 0.4) is 0 Å². The molecule has 0 aliphatic heterocycles. The van der Waals surface area contributed by atoms with E-state index in [0.29, 0.717) is 17.5 Å². The summed E-state index contributed by atoms with van der Waals surface area (Å²) in [5.41, 5.74) is 2.12. The van der Waals surface area contributed by atoms with Crippen molar-refractivity contribution in [1.29, 1.82) is 0 Å². The highest BCUT2D eigenvalue weighted by atomic mass is 16.4. The van der Waals surface area contributed by atoms with E-state index >= 15 is 0 Å². The Morgan fingerprint density at radius 1 is 1.37 bits per heavy atom. The Bertz CT molecular complexity index is 618. The Morgan fingerprint density at radius 2 is 2.16 bits per heavy atom. The van der Waals surface area contributed by atoms with Crippen molar-refractivity contribution < 1.29 is 9.90 Å². The van der Waals surface area contributed by atoms with E-state index in [4.69, 9.17) is 5.11 Å². The maximum Gasteiger partial charge on any atom is 0.335 e. The predicted octanol–water partition coefficient (Wildman–Crippen LogP) is 3.49. The van der Waals surface area contributed by atoms with Gasteiger partial charge in [-0.25, -0.2) is 9.78 Å². The van der Waals surface area contributed by atoms with E-state index in [1.54, 1.807) is 12.1 Å². The number of hydrogen-bond donors (Lipinski definition) is 1. The summed E-state index contributed by atoms with van der Waals surface area (Å²) in [6, 6.07) is 5.69. The Kier molecular flexibility index (Phi) is 3.01. The molecule has 100 valence electrons. The summed E-state index contributed by atoms with van der Waals surface area (Å²) in [5.74, 6) is -0.243. The molecule has 0 spiro atoms. The Labute approximate surface area is 112 Å². The molecule has 2 aromatic rings. The molecule has 1 aliphatic rings. The zero-order valence-corrected chi connectivity index (χ0v) is 11.0. The molecule has 4 heteroatoms. The van der Waals surface area contributed by atoms with Crippen molar-refractivity contribution in [1.82, 2.24) is 9.55 Å². The zero-order valence-electron chi connectivity index (χ0n) is 11.0. The average Bonchev–Trinajstić information content (AvgIpc) is 2.82. The average molecular weight is 258 g/mol. The largest absolute Gasteiger partial charge is 0.478 e. The number of carboxylic acid groups (broad SMARTS) is 1. The molecule has 2 atom stereocenters. The van der Waals surface area contributed by atoms with Crippen molar-refractivity contribution in [2.24, 2.45) is 5.92 Å². The lowest BCUT2D eigenvalue weighted by atomic mass is 9.85. The zero-order chi connectivity index (χ0) is 13.4. The normalized spacial score (nSPS) is 23.6. The van der Waals surface area contributed by atoms with E-state index in [2.05, 4.69) is 16.5 Å². The number of nitrogens with zero attached hydrogens (tertiary/aromatic N) is 2. The van der Waals surface area contributed by atoms with Crippen molar-refractivity contribution >= 4 is 17.0 Å². The quantitative estimate of drug-likeness (QED) is 0.897. The second-order valence-corrected chi connectivity index (χ2v) is 5.49. The smallest absolute Gasteiger partial charge is 0.335 e. The van der Waals surface area contributed by atoms with Crippen LogP contribution >= 0.6 is 0 Å². The minimum atomic E-state index is -0.900. The number of imidazole rings is 1. The number of carboxylic acids is 1. The minimum absolute atomic E-state index is 0.300. The lowest BCUT2D eigenvalue weighted by Gasteiger charge is -2.30. The summed E-state index contributed by atoms with van der Waals surface area (Å²) in [7, 11) is 0. The number of aromatic carboxylic acids is 1. The number of aromatic nitrogens is 2. The van der Waals surface area contributed by atoms with Crippen LogP contribution in [0.1, 0.15) is 49.0 Å². The van der Waals surface area contributed by atoms with Crippen LogP contribution in [0.2, 0.25) is 0 Å². The van der Waals surface area contributed by atoms with Crippen LogP contribution in [0.25, 0.3) is 11.0 Å². The van der Waals surface area contributed by atoms with Gasteiger partial charge in [0.05, 0.1) is 22.9 Å². The van der Waals surface area contributed by atoms with E-state index in [9.17, 15) is 4.79 Å². The van der Waals surface area contributed by atoms with Gasteiger partial charge >= 0.3 is 5.97 Å². The third-order valence-corrected chi connectivity index (χ3v) is 4.25. The van der Waals surface area contributed by atoms with Crippen molar-refractivity contribution in [3.8, 4) is 0 Å². The standard InChI is InChI=1S/C15H18N2O2/c1-10-4-2-3-5-13(10)17-9-16-12-8-11(15(18)19)6-7-14(12)17/h6-10,13H,2-5H2,1H3,(H,18,19). The summed E-state index contributed by atoms with van der Waals surface area (Å²) in [5, 5.41) is 9.01. The summed E-state index contributed by atoms with van der Waals surface area (Å²) in [6.45, 7) is 2.29. The molecule has 1 saturated carbocycles. The molecule has 1 fully saturated rings. The van der Waals surface area contributed by atoms with Crippen LogP contribution < -0.4 is 0 Å². The van der Waals surface area contributed by atoms with Gasteiger partial charge in [-0.2, -0.15) is 0 Å². The van der Waals surface area contributed by atoms with Crippen LogP contribution in [0.4, 0.5) is 0 Å². The van der Waals surface area contributed by atoms with Crippen molar-refractivity contribution in [3.05, 3.63) is 30.1 Å². The molecule has 0 radical (unpaired) electrons. The molecular weight excluding hydrogens is 240 g/mol. The lowest BCUT2D eigenvalue weighted by molar-refractivity contribution is 0.0697. The highest BCUT2D eigenvalue weighted by Crippen LogP contribution is 2.35. The fourth-order valence-corrected chi connectivity index (χ4v) is 3.14. The van der Waals surface area contributed by atoms with Crippen LogP contribution in [-0.4, -0.2) is 20.6 Å². The van der Waals surface area contributed by atoms with Gasteiger partial charge in [-0.1, -0.05) is 19.8 Å². The Morgan fingerprint density at radius 3 is 2.89 bits per heavy atom. The highest BCUT2D eigenvalue weighted by molar-refractivity contribution is 5.92. The van der Waals surface area contributed by atoms with Crippen LogP contribution in [0, 0.1) is 5.92 Å². The first-order valence-electron chi connectivity index (χ1n) is 6.86. The number of hydrogen-bond acceptors (Lipinski definition) is 2. The SMILES string of the molecule is CC1CCCCC1n1cnc2cc(C(=O)O)ccc21. The third kappa shape index (κ3) is 2.11. The van der Waals surface area contributed by atoms with Gasteiger partial charge in [-0.05, 0) is 37.0 Å². The summed E-state index contributed by atoms with van der Waals surface area (Å²) >= 11 is 0. The fraction of sp³-hybridized carbons (Fsp3) is 0.467. The molecule has 1 aliphatic carbocycles. The lowest BCUT2D eigenvalue weighted by Crippen LogP contribution is -2.20. The van der Waals surface area contributed by atoms with Gasteiger partial charge in [0.25, 0.3) is 0 Å². The van der Waals surface area contributed by atoms with E-state index < -0.39 is 5.97 Å². The summed E-state index contributed by atoms with van der Waals surface area (Å²) < 4.78 is 2.23. The van der Waals surface area contributed by atoms with Gasteiger partial charge in [0.2, 0.25) is 0 Å². The molecule has 0 bridgehead atoms. The molecule has 1 heterocycles. The Hall–Kier alpha value is -1.84. The molecule has 3 rings (SSSR count). The number of fused-ring (bicyclic) bond motifs is 1. The summed E-state index contributed by atoms with van der Waals surface area (Å²) in [4.78, 5) is 15.3. The highest BCUT2D eigenvalue weighted by Gasteiger charge is 2.24. The minimum Gasteiger partial charge on any atom is -0.478 e. The molecular formula is C15H18N2O2. The van der Waals surface area contributed by atoms with Crippen LogP contribution in [0.15, 0.2) is 24.5 Å². The van der Waals surface area contributed by atoms with Gasteiger partial charge in [0.1, 0.15) is 0 Å². The molecule has 2 unspecified atom stereocenters. The second kappa shape index (κ2) is 4.68. The second-order valence-electron chi connectivity index (χ2n) is 5.49. The fourth-order valence-electron chi connectivity index (χ4n) is 3.14.